The van der Waals surface area contributed by atoms with Gasteiger partial charge < -0.3 is 56.7 Å². The van der Waals surface area contributed by atoms with E-state index in [9.17, 15) is 0 Å². The van der Waals surface area contributed by atoms with Gasteiger partial charge in [0, 0.05) is 41.1 Å². The quantitative estimate of drug-likeness (QED) is 0.0560. The second-order valence-electron chi connectivity index (χ2n) is 39.9. The van der Waals surface area contributed by atoms with Gasteiger partial charge in [-0.25, -0.2) is 0 Å². The fourth-order valence-corrected chi connectivity index (χ4v) is 39.5. The molecule has 0 heterocycles. The van der Waals surface area contributed by atoms with Crippen LogP contribution in [0.1, 0.15) is 139 Å². The van der Waals surface area contributed by atoms with E-state index in [1.165, 1.54) is 100 Å². The maximum absolute atomic E-state index is 6.71. The van der Waals surface area contributed by atoms with Crippen molar-refractivity contribution >= 4 is 96.4 Å². The summed E-state index contributed by atoms with van der Waals surface area (Å²) in [6.07, 6.45) is 34.2. The zero-order valence-corrected chi connectivity index (χ0v) is 96.7. The molecule has 0 aromatic heterocycles. The van der Waals surface area contributed by atoms with Gasteiger partial charge in [0.15, 0.2) is 0 Å². The third kappa shape index (κ3) is 30.4. The Kier molecular flexibility index (Phi) is 47.3. The third-order valence-corrected chi connectivity index (χ3v) is 43.9. The molecule has 12 unspecified atom stereocenters. The molecule has 16 rings (SSSR count). The number of allylic oxidation sites excluding steroid dienone is 11. The standard InChI is InChI=1S/C33H38NOSi.C29H38NSSi.C28H36NSSi.3C9H12N.3CH3.3Sc/c1-24-15-19-27(20-16-24)36(34-33(3,4)5,28-21-17-25(2)18-22-28)32-23-31(29-13-9-10-14-30(29)32)35-26-11-7-6-8-12-26;1-7-31-27-20-28(26-11-9-8-10-25(26)27)32(30-29(4,5)6,23-16-12-21(2)13-17-23)24-18-14-22(3)15-19-24;1-20-11-15-22(16-12-20)31(29-28(3,4)5,23-17-13-21(2)14-18-23)27-19-26(30-6)24-9-7-8-10-25(24)27;3*1-8-6-4-5-7-9(8)10(2)3;;;;;;/h6-22,29-32H,23H2,1-5H3;8-19,25-28H,7,20H2,1-6H3;7-18,24-27H,19H2,1-6H3;3*4-7H,1H2,2-3H3;3*1H3;;;/q9*-1;3*+3. The van der Waals surface area contributed by atoms with E-state index in [0.717, 1.165) is 28.9 Å². The summed E-state index contributed by atoms with van der Waals surface area (Å²) >= 11 is 4.20. The van der Waals surface area contributed by atoms with Crippen LogP contribution in [0.25, 0.3) is 14.9 Å². The molecular weight excluding hydrogens is 1820 g/mol. The summed E-state index contributed by atoms with van der Waals surface area (Å²) in [6, 6.07) is 90.6. The number of rotatable bonds is 20. The molecule has 0 aliphatic heterocycles. The molecule has 6 aliphatic rings. The number of ether oxygens (including phenoxy) is 1. The monoisotopic (exact) mass is 1980 g/mol. The predicted molar refractivity (Wildman–Crippen MR) is 597 cm³/mol. The number of hydrogen-bond acceptors (Lipinski definition) is 6. The van der Waals surface area contributed by atoms with Crippen LogP contribution in [-0.2, 0) is 77.5 Å². The molecule has 0 N–H and O–H groups in total. The van der Waals surface area contributed by atoms with Gasteiger partial charge in [-0.05, 0) is 173 Å². The SMILES string of the molecule is CCSC1CC([Si]([N-]C(C)(C)C)(c2ccc(C)cc2)c2ccc(C)cc2)C2C=CC=CC12.CSC1CC([Si]([N-]C(C)(C)C)(c2ccc(C)cc2)c2ccc(C)cc2)C2C=CC=CC12.Cc1ccc([Si]([N-]C(C)(C)C)(c2ccc(C)cc2)C2CC(Oc3ccccc3)C3C=CC=CC32)cc1.[CH2-]c1ccccc1N(C)C.[CH2-]c1ccccc1N(C)C.[CH2-]c1ccccc1N(C)C.[CH3-].[CH3-].[CH3-].[Sc+3].[Sc+3].[Sc+3]. The van der Waals surface area contributed by atoms with E-state index in [1.807, 2.05) is 115 Å². The van der Waals surface area contributed by atoms with Gasteiger partial charge in [-0.15, -0.1) is 34.8 Å². The topological polar surface area (TPSA) is 61.3 Å². The number of hydrogen-bond donors (Lipinski definition) is 0. The zero-order chi connectivity index (χ0) is 93.2. The summed E-state index contributed by atoms with van der Waals surface area (Å²) in [5.41, 5.74) is 15.8. The van der Waals surface area contributed by atoms with Crippen LogP contribution in [0.2, 0.25) is 16.6 Å². The molecule has 7 nitrogen and oxygen atoms in total. The smallest absolute Gasteiger partial charge is 0.652 e. The predicted octanol–water partition coefficient (Wildman–Crippen LogP) is 27.5. The van der Waals surface area contributed by atoms with Gasteiger partial charge in [-0.1, -0.05) is 424 Å². The van der Waals surface area contributed by atoms with Crippen LogP contribution in [0.4, 0.5) is 17.1 Å². The van der Waals surface area contributed by atoms with E-state index in [0.29, 0.717) is 62.6 Å². The number of aryl methyl sites for hydroxylation is 6. The van der Waals surface area contributed by atoms with Crippen molar-refractivity contribution in [2.24, 2.45) is 35.5 Å². The number of benzene rings is 10. The molecule has 3 saturated carbocycles. The maximum Gasteiger partial charge on any atom is 3.00 e. The van der Waals surface area contributed by atoms with Gasteiger partial charge in [0.25, 0.3) is 0 Å². The zero-order valence-electron chi connectivity index (χ0n) is 86.6. The van der Waals surface area contributed by atoms with E-state index >= 15 is 0 Å². The van der Waals surface area contributed by atoms with E-state index < -0.39 is 24.7 Å². The van der Waals surface area contributed by atoms with Gasteiger partial charge in [0.05, 0.1) is 0 Å². The van der Waals surface area contributed by atoms with Crippen LogP contribution in [-0.4, -0.2) is 112 Å². The molecule has 0 spiro atoms. The van der Waals surface area contributed by atoms with Crippen LogP contribution < -0.4 is 50.6 Å². The summed E-state index contributed by atoms with van der Waals surface area (Å²) in [4.78, 5) is 23.8. The maximum atomic E-state index is 6.71. The Balaban J connectivity index is 0.000000304. The average molecular weight is 1980 g/mol. The number of thioether (sulfide) groups is 2. The van der Waals surface area contributed by atoms with Crippen molar-refractivity contribution in [2.75, 3.05) is 69.0 Å². The summed E-state index contributed by atoms with van der Waals surface area (Å²) in [5.74, 6) is 5.22. The van der Waals surface area contributed by atoms with Crippen molar-refractivity contribution in [3.05, 3.63) is 430 Å². The van der Waals surface area contributed by atoms with Gasteiger partial charge in [-0.3, -0.25) is 0 Å². The van der Waals surface area contributed by atoms with Crippen molar-refractivity contribution in [1.29, 1.82) is 0 Å². The second kappa shape index (κ2) is 53.8. The largest absolute Gasteiger partial charge is 3.00 e. The molecule has 10 aromatic rings. The van der Waals surface area contributed by atoms with Crippen LogP contribution in [0.3, 0.4) is 0 Å². The molecule has 12 atom stereocenters. The second-order valence-corrected chi connectivity index (χ2v) is 53.5. The van der Waals surface area contributed by atoms with E-state index in [4.69, 9.17) is 19.7 Å². The Bertz CT molecular complexity index is 5130. The molecule has 135 heavy (non-hydrogen) atoms. The summed E-state index contributed by atoms with van der Waals surface area (Å²) < 4.78 is 6.71. The first-order valence-corrected chi connectivity index (χ1v) is 55.1. The van der Waals surface area contributed by atoms with E-state index in [2.05, 4.69) is 425 Å². The van der Waals surface area contributed by atoms with Crippen molar-refractivity contribution in [3.63, 3.8) is 0 Å². The first-order valence-electron chi connectivity index (χ1n) is 46.7. The molecule has 0 amide bonds. The molecule has 15 heteroatoms. The van der Waals surface area contributed by atoms with Crippen molar-refractivity contribution < 1.29 is 82.3 Å². The van der Waals surface area contributed by atoms with Gasteiger partial charge in [0.2, 0.25) is 0 Å². The first-order chi connectivity index (χ1) is 61.4. The molecule has 0 bridgehead atoms. The van der Waals surface area contributed by atoms with Gasteiger partial charge in [-0.2, -0.15) is 79.2 Å². The minimum atomic E-state index is -2.60. The fourth-order valence-electron chi connectivity index (χ4n) is 20.4. The summed E-state index contributed by atoms with van der Waals surface area (Å²) in [6.45, 7) is 47.6. The molecule has 706 valence electrons. The molecule has 10 aromatic carbocycles. The molecule has 0 radical (unpaired) electrons. The van der Waals surface area contributed by atoms with Crippen LogP contribution in [0, 0.1) is 120 Å². The molecular formula is C120H157N6OS2Sc3Si3. The van der Waals surface area contributed by atoms with Gasteiger partial charge in [0.1, 0.15) is 11.9 Å². The minimum absolute atomic E-state index is 0. The van der Waals surface area contributed by atoms with Crippen LogP contribution >= 0.6 is 23.5 Å². The van der Waals surface area contributed by atoms with E-state index in [-0.39, 0.29) is 123 Å². The van der Waals surface area contributed by atoms with Crippen molar-refractivity contribution in [2.45, 2.75) is 180 Å². The van der Waals surface area contributed by atoms with Crippen molar-refractivity contribution in [3.8, 4) is 5.75 Å². The third-order valence-electron chi connectivity index (χ3n) is 26.0. The number of fused-ring (bicyclic) bond motifs is 3. The number of para-hydroxylation sites is 4. The Hall–Kier alpha value is -6.71. The summed E-state index contributed by atoms with van der Waals surface area (Å²) in [5, 5.41) is 10.0. The van der Waals surface area contributed by atoms with Crippen molar-refractivity contribution in [1.82, 2.24) is 0 Å². The fraction of sp³-hybridized carbons (Fsp3) is 0.350. The first kappa shape index (κ1) is 119. The van der Waals surface area contributed by atoms with Gasteiger partial charge >= 0.3 is 77.5 Å². The van der Waals surface area contributed by atoms with Crippen LogP contribution in [0.15, 0.2) is 322 Å². The Labute approximate surface area is 889 Å². The number of anilines is 3. The Morgan fingerprint density at radius 3 is 0.793 bits per heavy atom. The molecule has 6 aliphatic carbocycles. The normalized spacial score (nSPS) is 20.2. The summed E-state index contributed by atoms with van der Waals surface area (Å²) in [7, 11) is 4.62. The molecule has 3 fully saturated rings. The Morgan fingerprint density at radius 2 is 0.548 bits per heavy atom. The Morgan fingerprint density at radius 1 is 0.319 bits per heavy atom. The average Bonchev–Trinajstić information content (AvgIpc) is 1.63. The van der Waals surface area contributed by atoms with Crippen LogP contribution in [0.5, 0.6) is 5.75 Å². The molecule has 0 saturated heterocycles. The van der Waals surface area contributed by atoms with E-state index in [1.54, 1.807) is 0 Å². The number of nitrogens with zero attached hydrogens (tertiary/aromatic N) is 6. The minimum Gasteiger partial charge on any atom is -0.652 e.